The van der Waals surface area contributed by atoms with E-state index in [1.165, 1.54) is 0 Å². The smallest absolute Gasteiger partial charge is 0.164 e. The second-order valence-corrected chi connectivity index (χ2v) is 4.14. The topological polar surface area (TPSA) is 43.1 Å². The van der Waals surface area contributed by atoms with E-state index in [-0.39, 0.29) is 5.78 Å². The van der Waals surface area contributed by atoms with Crippen LogP contribution in [0.2, 0.25) is 10.0 Å². The lowest BCUT2D eigenvalue weighted by Gasteiger charge is -2.03. The maximum atomic E-state index is 11.7. The molecule has 0 atom stereocenters. The van der Waals surface area contributed by atoms with Crippen LogP contribution >= 0.6 is 23.2 Å². The first-order valence-electron chi connectivity index (χ1n) is 4.83. The van der Waals surface area contributed by atoms with Crippen LogP contribution in [0.3, 0.4) is 0 Å². The molecule has 0 aromatic heterocycles. The predicted octanol–water partition coefficient (Wildman–Crippen LogP) is 3.31. The van der Waals surface area contributed by atoms with Gasteiger partial charge in [-0.15, -0.1) is 0 Å². The summed E-state index contributed by atoms with van der Waals surface area (Å²) in [5.74, 6) is 0.0464. The number of ketones is 1. The second-order valence-electron chi connectivity index (χ2n) is 3.29. The molecule has 0 heterocycles. The number of halogens is 2. The Hall–Kier alpha value is -0.570. The van der Waals surface area contributed by atoms with Crippen molar-refractivity contribution in [2.45, 2.75) is 19.3 Å². The first-order valence-corrected chi connectivity index (χ1v) is 5.59. The quantitative estimate of drug-likeness (QED) is 0.639. The molecule has 0 aliphatic carbocycles. The normalized spacial score (nSPS) is 10.3. The van der Waals surface area contributed by atoms with E-state index in [2.05, 4.69) is 0 Å². The van der Waals surface area contributed by atoms with Crippen molar-refractivity contribution in [1.82, 2.24) is 0 Å². The number of nitrogens with two attached hydrogens (primary N) is 1. The number of rotatable bonds is 5. The van der Waals surface area contributed by atoms with Gasteiger partial charge < -0.3 is 5.73 Å². The van der Waals surface area contributed by atoms with Crippen LogP contribution in [0.15, 0.2) is 18.2 Å². The number of carbonyl (C=O) groups is 1. The molecule has 0 aliphatic heterocycles. The number of carbonyl (C=O) groups excluding carboxylic acids is 1. The van der Waals surface area contributed by atoms with Crippen LogP contribution in [-0.2, 0) is 0 Å². The van der Waals surface area contributed by atoms with E-state index in [0.717, 1.165) is 12.8 Å². The summed E-state index contributed by atoms with van der Waals surface area (Å²) in [5.41, 5.74) is 5.89. The Morgan fingerprint density at radius 2 is 2.00 bits per heavy atom. The zero-order chi connectivity index (χ0) is 11.3. The van der Waals surface area contributed by atoms with Gasteiger partial charge in [0.2, 0.25) is 0 Å². The van der Waals surface area contributed by atoms with Gasteiger partial charge in [0.1, 0.15) is 0 Å². The highest BCUT2D eigenvalue weighted by Gasteiger charge is 2.09. The molecule has 0 saturated heterocycles. The van der Waals surface area contributed by atoms with Crippen LogP contribution < -0.4 is 5.73 Å². The first-order chi connectivity index (χ1) is 7.15. The fraction of sp³-hybridized carbons (Fsp3) is 0.364. The van der Waals surface area contributed by atoms with Gasteiger partial charge in [-0.25, -0.2) is 0 Å². The molecule has 0 unspecified atom stereocenters. The number of Topliss-reactive ketones (excluding diaryl/α,β-unsaturated/α-hetero) is 1. The second kappa shape index (κ2) is 6.11. The molecule has 0 saturated carbocycles. The summed E-state index contributed by atoms with van der Waals surface area (Å²) in [6.45, 7) is 0.613. The zero-order valence-electron chi connectivity index (χ0n) is 8.30. The molecule has 82 valence electrons. The van der Waals surface area contributed by atoms with Crippen molar-refractivity contribution < 1.29 is 4.79 Å². The molecule has 0 bridgehead atoms. The summed E-state index contributed by atoms with van der Waals surface area (Å²) in [4.78, 5) is 11.7. The molecule has 1 aromatic carbocycles. The number of unbranched alkanes of at least 4 members (excludes halogenated alkanes) is 1. The van der Waals surface area contributed by atoms with Crippen molar-refractivity contribution >= 4 is 29.0 Å². The van der Waals surface area contributed by atoms with Crippen molar-refractivity contribution in [2.75, 3.05) is 6.54 Å². The Bertz CT molecular complexity index is 352. The van der Waals surface area contributed by atoms with E-state index in [9.17, 15) is 4.79 Å². The Morgan fingerprint density at radius 3 is 2.60 bits per heavy atom. The van der Waals surface area contributed by atoms with Gasteiger partial charge in [0.25, 0.3) is 0 Å². The Morgan fingerprint density at radius 1 is 1.27 bits per heavy atom. The largest absolute Gasteiger partial charge is 0.330 e. The molecule has 1 aromatic rings. The van der Waals surface area contributed by atoms with Gasteiger partial charge in [0, 0.05) is 17.0 Å². The minimum atomic E-state index is 0.0464. The lowest BCUT2D eigenvalue weighted by molar-refractivity contribution is 0.0980. The van der Waals surface area contributed by atoms with Crippen LogP contribution in [0.1, 0.15) is 29.6 Å². The lowest BCUT2D eigenvalue weighted by Crippen LogP contribution is -2.03. The van der Waals surface area contributed by atoms with E-state index in [1.807, 2.05) is 0 Å². The fourth-order valence-corrected chi connectivity index (χ4v) is 1.79. The van der Waals surface area contributed by atoms with Crippen molar-refractivity contribution in [2.24, 2.45) is 5.73 Å². The number of benzene rings is 1. The van der Waals surface area contributed by atoms with Crippen molar-refractivity contribution in [1.29, 1.82) is 0 Å². The van der Waals surface area contributed by atoms with Crippen LogP contribution in [0.25, 0.3) is 0 Å². The van der Waals surface area contributed by atoms with Gasteiger partial charge in [0.15, 0.2) is 5.78 Å². The van der Waals surface area contributed by atoms with Gasteiger partial charge in [0.05, 0.1) is 5.02 Å². The van der Waals surface area contributed by atoms with Crippen molar-refractivity contribution in [3.05, 3.63) is 33.8 Å². The molecular formula is C11H13Cl2NO. The average molecular weight is 246 g/mol. The fourth-order valence-electron chi connectivity index (χ4n) is 1.28. The Kier molecular flexibility index (Phi) is 5.09. The summed E-state index contributed by atoms with van der Waals surface area (Å²) < 4.78 is 0. The van der Waals surface area contributed by atoms with E-state index in [4.69, 9.17) is 28.9 Å². The molecular weight excluding hydrogens is 233 g/mol. The molecule has 0 amide bonds. The molecule has 15 heavy (non-hydrogen) atoms. The third-order valence-electron chi connectivity index (χ3n) is 2.09. The molecule has 0 fully saturated rings. The highest BCUT2D eigenvalue weighted by atomic mass is 35.5. The van der Waals surface area contributed by atoms with Gasteiger partial charge in [-0.05, 0) is 37.6 Å². The lowest BCUT2D eigenvalue weighted by atomic mass is 10.1. The average Bonchev–Trinajstić information content (AvgIpc) is 2.17. The van der Waals surface area contributed by atoms with Gasteiger partial charge in [-0.1, -0.05) is 23.2 Å². The van der Waals surface area contributed by atoms with E-state index in [1.54, 1.807) is 18.2 Å². The Balaban J connectivity index is 2.65. The van der Waals surface area contributed by atoms with Crippen LogP contribution in [0.5, 0.6) is 0 Å². The van der Waals surface area contributed by atoms with Crippen molar-refractivity contribution in [3.63, 3.8) is 0 Å². The number of hydrogen-bond acceptors (Lipinski definition) is 2. The maximum Gasteiger partial charge on any atom is 0.164 e. The minimum absolute atomic E-state index is 0.0464. The predicted molar refractivity (Wildman–Crippen MR) is 63.7 cm³/mol. The summed E-state index contributed by atoms with van der Waals surface area (Å²) in [7, 11) is 0. The zero-order valence-corrected chi connectivity index (χ0v) is 9.81. The van der Waals surface area contributed by atoms with Gasteiger partial charge >= 0.3 is 0 Å². The third kappa shape index (κ3) is 3.82. The highest BCUT2D eigenvalue weighted by molar-refractivity contribution is 6.36. The van der Waals surface area contributed by atoms with E-state index >= 15 is 0 Å². The maximum absolute atomic E-state index is 11.7. The summed E-state index contributed by atoms with van der Waals surface area (Å²) in [6.07, 6.45) is 2.14. The molecule has 2 N–H and O–H groups in total. The third-order valence-corrected chi connectivity index (χ3v) is 2.64. The standard InChI is InChI=1S/C11H13Cl2NO/c12-8-4-5-9(10(13)7-8)11(15)3-1-2-6-14/h4-5,7H,1-3,6,14H2. The SMILES string of the molecule is NCCCCC(=O)c1ccc(Cl)cc1Cl. The van der Waals surface area contributed by atoms with Gasteiger partial charge in [-0.2, -0.15) is 0 Å². The molecule has 2 nitrogen and oxygen atoms in total. The summed E-state index contributed by atoms with van der Waals surface area (Å²) in [5, 5.41) is 0.957. The molecule has 1 rings (SSSR count). The van der Waals surface area contributed by atoms with E-state index in [0.29, 0.717) is 28.6 Å². The number of hydrogen-bond donors (Lipinski definition) is 1. The molecule has 0 aliphatic rings. The van der Waals surface area contributed by atoms with Crippen LogP contribution in [0.4, 0.5) is 0 Å². The van der Waals surface area contributed by atoms with Crippen LogP contribution in [-0.4, -0.2) is 12.3 Å². The Labute approximate surface area is 99.4 Å². The first kappa shape index (κ1) is 12.5. The highest BCUT2D eigenvalue weighted by Crippen LogP contribution is 2.22. The summed E-state index contributed by atoms with van der Waals surface area (Å²) in [6, 6.07) is 4.92. The van der Waals surface area contributed by atoms with Crippen LogP contribution in [0, 0.1) is 0 Å². The van der Waals surface area contributed by atoms with E-state index < -0.39 is 0 Å². The van der Waals surface area contributed by atoms with Gasteiger partial charge in [-0.3, -0.25) is 4.79 Å². The molecule has 4 heteroatoms. The molecule has 0 radical (unpaired) electrons. The van der Waals surface area contributed by atoms with Crippen molar-refractivity contribution in [3.8, 4) is 0 Å². The minimum Gasteiger partial charge on any atom is -0.330 e. The summed E-state index contributed by atoms with van der Waals surface area (Å²) >= 11 is 11.6. The molecule has 0 spiro atoms. The monoisotopic (exact) mass is 245 g/mol.